The second-order valence-corrected chi connectivity index (χ2v) is 4.31. The number of benzene rings is 1. The molecule has 0 aliphatic carbocycles. The van der Waals surface area contributed by atoms with Gasteiger partial charge in [-0.3, -0.25) is 0 Å². The lowest BCUT2D eigenvalue weighted by Gasteiger charge is -2.13. The molecule has 1 rings (SSSR count). The minimum Gasteiger partial charge on any atom is -0.494 e. The van der Waals surface area contributed by atoms with Crippen LogP contribution in [0, 0.1) is 0 Å². The molecule has 16 heavy (non-hydrogen) atoms. The lowest BCUT2D eigenvalue weighted by atomic mass is 10.0. The SMILES string of the molecule is CCCc1ccc(OCC)c(CC(C)N)c1. The van der Waals surface area contributed by atoms with E-state index in [-0.39, 0.29) is 6.04 Å². The fourth-order valence-corrected chi connectivity index (χ4v) is 1.88. The van der Waals surface area contributed by atoms with E-state index in [2.05, 4.69) is 25.1 Å². The highest BCUT2D eigenvalue weighted by atomic mass is 16.5. The van der Waals surface area contributed by atoms with E-state index in [1.165, 1.54) is 17.5 Å². The molecule has 0 spiro atoms. The average molecular weight is 221 g/mol. The maximum atomic E-state index is 5.86. The highest BCUT2D eigenvalue weighted by Crippen LogP contribution is 2.22. The Kier molecular flexibility index (Phi) is 5.33. The Morgan fingerprint density at radius 2 is 2.06 bits per heavy atom. The van der Waals surface area contributed by atoms with Gasteiger partial charge in [-0.2, -0.15) is 0 Å². The van der Waals surface area contributed by atoms with Crippen LogP contribution in [0.1, 0.15) is 38.3 Å². The summed E-state index contributed by atoms with van der Waals surface area (Å²) in [4.78, 5) is 0. The summed E-state index contributed by atoms with van der Waals surface area (Å²) in [5.41, 5.74) is 8.47. The summed E-state index contributed by atoms with van der Waals surface area (Å²) in [5.74, 6) is 0.986. The Hall–Kier alpha value is -1.02. The van der Waals surface area contributed by atoms with Crippen LogP contribution in [0.5, 0.6) is 5.75 Å². The minimum atomic E-state index is 0.177. The van der Waals surface area contributed by atoms with Gasteiger partial charge in [0.15, 0.2) is 0 Å². The third kappa shape index (κ3) is 3.86. The van der Waals surface area contributed by atoms with E-state index in [9.17, 15) is 0 Å². The summed E-state index contributed by atoms with van der Waals surface area (Å²) in [6.45, 7) is 6.94. The van der Waals surface area contributed by atoms with Gasteiger partial charge >= 0.3 is 0 Å². The van der Waals surface area contributed by atoms with E-state index >= 15 is 0 Å². The molecule has 0 aliphatic heterocycles. The van der Waals surface area contributed by atoms with Crippen molar-refractivity contribution in [3.63, 3.8) is 0 Å². The van der Waals surface area contributed by atoms with E-state index in [0.717, 1.165) is 18.6 Å². The first-order chi connectivity index (χ1) is 7.67. The van der Waals surface area contributed by atoms with Gasteiger partial charge in [0.25, 0.3) is 0 Å². The van der Waals surface area contributed by atoms with Gasteiger partial charge in [-0.25, -0.2) is 0 Å². The van der Waals surface area contributed by atoms with Crippen LogP contribution in [0.4, 0.5) is 0 Å². The highest BCUT2D eigenvalue weighted by molar-refractivity contribution is 5.38. The van der Waals surface area contributed by atoms with Crippen LogP contribution in [0.3, 0.4) is 0 Å². The summed E-state index contributed by atoms with van der Waals surface area (Å²) in [5, 5.41) is 0. The Morgan fingerprint density at radius 1 is 1.31 bits per heavy atom. The molecule has 90 valence electrons. The molecule has 1 atom stereocenters. The first-order valence-corrected chi connectivity index (χ1v) is 6.17. The van der Waals surface area contributed by atoms with E-state index in [1.807, 2.05) is 13.8 Å². The van der Waals surface area contributed by atoms with Crippen LogP contribution >= 0.6 is 0 Å². The molecule has 2 heteroatoms. The summed E-state index contributed by atoms with van der Waals surface area (Å²) in [6.07, 6.45) is 3.18. The molecule has 0 fully saturated rings. The molecule has 1 unspecified atom stereocenters. The molecule has 2 nitrogen and oxygen atoms in total. The quantitative estimate of drug-likeness (QED) is 0.801. The average Bonchev–Trinajstić information content (AvgIpc) is 2.22. The van der Waals surface area contributed by atoms with Gasteiger partial charge in [0.2, 0.25) is 0 Å². The number of hydrogen-bond acceptors (Lipinski definition) is 2. The number of ether oxygens (including phenoxy) is 1. The van der Waals surface area contributed by atoms with Crippen LogP contribution in [0.25, 0.3) is 0 Å². The third-order valence-electron chi connectivity index (χ3n) is 2.51. The maximum Gasteiger partial charge on any atom is 0.122 e. The number of aryl methyl sites for hydroxylation is 1. The molecular formula is C14H23NO. The first-order valence-electron chi connectivity index (χ1n) is 6.17. The zero-order valence-corrected chi connectivity index (χ0v) is 10.6. The largest absolute Gasteiger partial charge is 0.494 e. The zero-order chi connectivity index (χ0) is 12.0. The van der Waals surface area contributed by atoms with Crippen LogP contribution < -0.4 is 10.5 Å². The van der Waals surface area contributed by atoms with Gasteiger partial charge in [0.05, 0.1) is 6.61 Å². The summed E-state index contributed by atoms with van der Waals surface area (Å²) in [6, 6.07) is 6.64. The van der Waals surface area contributed by atoms with Crippen molar-refractivity contribution in [1.82, 2.24) is 0 Å². The van der Waals surface area contributed by atoms with E-state index in [0.29, 0.717) is 6.61 Å². The normalized spacial score (nSPS) is 12.5. The van der Waals surface area contributed by atoms with Gasteiger partial charge in [-0.15, -0.1) is 0 Å². The predicted molar refractivity (Wildman–Crippen MR) is 69.0 cm³/mol. The third-order valence-corrected chi connectivity index (χ3v) is 2.51. The first kappa shape index (κ1) is 13.0. The van der Waals surface area contributed by atoms with Crippen molar-refractivity contribution in [2.45, 2.75) is 46.1 Å². The fraction of sp³-hybridized carbons (Fsp3) is 0.571. The molecule has 0 aromatic heterocycles. The number of nitrogens with two attached hydrogens (primary N) is 1. The van der Waals surface area contributed by atoms with Crippen LogP contribution in [-0.2, 0) is 12.8 Å². The molecule has 0 radical (unpaired) electrons. The Labute approximate surface area is 98.8 Å². The standard InChI is InChI=1S/C14H23NO/c1-4-6-12-7-8-14(16-5-2)13(10-12)9-11(3)15/h7-8,10-11H,4-6,9,15H2,1-3H3. The second kappa shape index (κ2) is 6.54. The summed E-state index contributed by atoms with van der Waals surface area (Å²) < 4.78 is 5.62. The van der Waals surface area contributed by atoms with E-state index in [4.69, 9.17) is 10.5 Å². The topological polar surface area (TPSA) is 35.2 Å². The van der Waals surface area contributed by atoms with Gasteiger partial charge in [-0.05, 0) is 43.9 Å². The van der Waals surface area contributed by atoms with E-state index in [1.54, 1.807) is 0 Å². The molecule has 0 amide bonds. The van der Waals surface area contributed by atoms with Crippen LogP contribution in [0.2, 0.25) is 0 Å². The molecule has 0 heterocycles. The highest BCUT2D eigenvalue weighted by Gasteiger charge is 2.07. The Balaban J connectivity index is 2.91. The van der Waals surface area contributed by atoms with Crippen LogP contribution in [0.15, 0.2) is 18.2 Å². The fourth-order valence-electron chi connectivity index (χ4n) is 1.88. The molecule has 1 aromatic carbocycles. The molecule has 0 aliphatic rings. The van der Waals surface area contributed by atoms with Gasteiger partial charge in [0, 0.05) is 6.04 Å². The van der Waals surface area contributed by atoms with Crippen molar-refractivity contribution in [3.8, 4) is 5.75 Å². The van der Waals surface area contributed by atoms with Crippen molar-refractivity contribution in [2.24, 2.45) is 5.73 Å². The minimum absolute atomic E-state index is 0.177. The van der Waals surface area contributed by atoms with Crippen molar-refractivity contribution >= 4 is 0 Å². The molecule has 0 saturated heterocycles. The summed E-state index contributed by atoms with van der Waals surface area (Å²) >= 11 is 0. The van der Waals surface area contributed by atoms with Crippen molar-refractivity contribution in [2.75, 3.05) is 6.61 Å². The molecule has 0 bridgehead atoms. The molecule has 0 saturated carbocycles. The van der Waals surface area contributed by atoms with Crippen molar-refractivity contribution < 1.29 is 4.74 Å². The number of rotatable bonds is 6. The lowest BCUT2D eigenvalue weighted by Crippen LogP contribution is -2.18. The number of hydrogen-bond donors (Lipinski definition) is 1. The van der Waals surface area contributed by atoms with Gasteiger partial charge < -0.3 is 10.5 Å². The molecular weight excluding hydrogens is 198 g/mol. The predicted octanol–water partition coefficient (Wildman–Crippen LogP) is 2.93. The van der Waals surface area contributed by atoms with Crippen molar-refractivity contribution in [1.29, 1.82) is 0 Å². The smallest absolute Gasteiger partial charge is 0.122 e. The summed E-state index contributed by atoms with van der Waals surface area (Å²) in [7, 11) is 0. The molecule has 2 N–H and O–H groups in total. The Morgan fingerprint density at radius 3 is 2.62 bits per heavy atom. The monoisotopic (exact) mass is 221 g/mol. The van der Waals surface area contributed by atoms with Crippen LogP contribution in [-0.4, -0.2) is 12.6 Å². The zero-order valence-electron chi connectivity index (χ0n) is 10.6. The second-order valence-electron chi connectivity index (χ2n) is 4.31. The van der Waals surface area contributed by atoms with E-state index < -0.39 is 0 Å². The van der Waals surface area contributed by atoms with Crippen molar-refractivity contribution in [3.05, 3.63) is 29.3 Å². The maximum absolute atomic E-state index is 5.86. The lowest BCUT2D eigenvalue weighted by molar-refractivity contribution is 0.335. The van der Waals surface area contributed by atoms with Gasteiger partial charge in [-0.1, -0.05) is 25.5 Å². The molecule has 1 aromatic rings. The van der Waals surface area contributed by atoms with Gasteiger partial charge in [0.1, 0.15) is 5.75 Å². The Bertz CT molecular complexity index is 321.